The predicted octanol–water partition coefficient (Wildman–Crippen LogP) is 1.60. The lowest BCUT2D eigenvalue weighted by Crippen LogP contribution is -2.52. The number of ketones is 1. The van der Waals surface area contributed by atoms with Crippen molar-refractivity contribution in [1.82, 2.24) is 10.6 Å². The van der Waals surface area contributed by atoms with E-state index in [2.05, 4.69) is 15.6 Å². The molecular weight excluding hydrogens is 441 g/mol. The first-order valence-corrected chi connectivity index (χ1v) is 10.8. The lowest BCUT2D eigenvalue weighted by molar-refractivity contribution is -0.129. The predicted molar refractivity (Wildman–Crippen MR) is 127 cm³/mol. The highest BCUT2D eigenvalue weighted by atomic mass is 19.1. The molecule has 2 rings (SSSR count). The summed E-state index contributed by atoms with van der Waals surface area (Å²) in [5.41, 5.74) is 12.1. The smallest absolute Gasteiger partial charge is 0.408 e. The highest BCUT2D eigenvalue weighted by Crippen LogP contribution is 2.07. The summed E-state index contributed by atoms with van der Waals surface area (Å²) in [6, 6.07) is 16.0. The first kappa shape index (κ1) is 26.3. The highest BCUT2D eigenvalue weighted by Gasteiger charge is 2.27. The fourth-order valence-electron chi connectivity index (χ4n) is 3.15. The molecule has 2 atom stereocenters. The molecule has 0 aliphatic heterocycles. The third-order valence-corrected chi connectivity index (χ3v) is 4.89. The van der Waals surface area contributed by atoms with Crippen molar-refractivity contribution in [2.24, 2.45) is 16.5 Å². The second-order valence-corrected chi connectivity index (χ2v) is 7.56. The molecule has 0 aliphatic rings. The van der Waals surface area contributed by atoms with Crippen LogP contribution < -0.4 is 22.1 Å². The second kappa shape index (κ2) is 14.2. The molecule has 2 amide bonds. The Bertz CT molecular complexity index is 952. The van der Waals surface area contributed by atoms with E-state index >= 15 is 0 Å². The van der Waals surface area contributed by atoms with Crippen LogP contribution in [-0.2, 0) is 27.4 Å². The van der Waals surface area contributed by atoms with E-state index in [1.54, 1.807) is 36.4 Å². The van der Waals surface area contributed by atoms with Gasteiger partial charge in [0.25, 0.3) is 0 Å². The number of ether oxygens (including phenoxy) is 1. The number of alkyl carbamates (subject to hydrolysis) is 1. The minimum atomic E-state index is -1.23. The van der Waals surface area contributed by atoms with Crippen LogP contribution in [0.5, 0.6) is 0 Å². The molecular formula is C24H30FN5O4. The van der Waals surface area contributed by atoms with Gasteiger partial charge >= 0.3 is 6.09 Å². The average Bonchev–Trinajstić information content (AvgIpc) is 2.84. The maximum Gasteiger partial charge on any atom is 0.408 e. The van der Waals surface area contributed by atoms with Crippen LogP contribution in [0.2, 0.25) is 0 Å². The topological polar surface area (TPSA) is 149 Å². The van der Waals surface area contributed by atoms with Crippen LogP contribution >= 0.6 is 0 Å². The van der Waals surface area contributed by atoms with Crippen LogP contribution in [0.4, 0.5) is 9.18 Å². The molecule has 0 bridgehead atoms. The summed E-state index contributed by atoms with van der Waals surface area (Å²) in [5.74, 6) is -1.50. The SMILES string of the molecule is NC(N)=NCCCC(NC(=O)C(Cc1ccccc1)NC(=O)OCc1ccccc1)C(=O)CF. The standard InChI is InChI=1S/C24H30FN5O4/c25-15-21(31)19(12-7-13-28-23(26)27)29-22(32)20(14-17-8-3-1-4-9-17)30-24(33)34-16-18-10-5-2-6-11-18/h1-6,8-11,19-20H,7,12-16H2,(H,29,32)(H,30,33)(H4,26,27,28). The number of benzene rings is 2. The number of alkyl halides is 1. The molecule has 0 saturated carbocycles. The van der Waals surface area contributed by atoms with Crippen molar-refractivity contribution in [3.63, 3.8) is 0 Å². The molecule has 0 aromatic heterocycles. The number of aliphatic imine (C=N–C) groups is 1. The minimum absolute atomic E-state index is 0.0279. The van der Waals surface area contributed by atoms with E-state index in [-0.39, 0.29) is 32.0 Å². The van der Waals surface area contributed by atoms with E-state index in [0.29, 0.717) is 6.42 Å². The van der Waals surface area contributed by atoms with E-state index in [1.807, 2.05) is 24.3 Å². The quantitative estimate of drug-likeness (QED) is 0.198. The second-order valence-electron chi connectivity index (χ2n) is 7.56. The number of amides is 2. The number of nitrogens with two attached hydrogens (primary N) is 2. The Kier molecular flexibility index (Phi) is 11.0. The largest absolute Gasteiger partial charge is 0.445 e. The molecule has 0 fully saturated rings. The maximum absolute atomic E-state index is 13.1. The summed E-state index contributed by atoms with van der Waals surface area (Å²) in [7, 11) is 0. The molecule has 0 radical (unpaired) electrons. The van der Waals surface area contributed by atoms with Gasteiger partial charge in [0, 0.05) is 13.0 Å². The van der Waals surface area contributed by atoms with Crippen molar-refractivity contribution < 1.29 is 23.5 Å². The molecule has 2 unspecified atom stereocenters. The number of carbonyl (C=O) groups is 3. The molecule has 2 aromatic rings. The van der Waals surface area contributed by atoms with E-state index in [9.17, 15) is 18.8 Å². The van der Waals surface area contributed by atoms with E-state index in [4.69, 9.17) is 16.2 Å². The number of hydrogen-bond donors (Lipinski definition) is 4. The molecule has 0 spiro atoms. The Labute approximate surface area is 197 Å². The number of nitrogens with one attached hydrogen (secondary N) is 2. The maximum atomic E-state index is 13.1. The van der Waals surface area contributed by atoms with Gasteiger partial charge < -0.3 is 26.8 Å². The zero-order chi connectivity index (χ0) is 24.8. The van der Waals surface area contributed by atoms with Crippen LogP contribution in [0, 0.1) is 0 Å². The van der Waals surface area contributed by atoms with Gasteiger partial charge in [0.15, 0.2) is 11.7 Å². The van der Waals surface area contributed by atoms with Gasteiger partial charge in [0.2, 0.25) is 5.91 Å². The molecule has 9 nitrogen and oxygen atoms in total. The van der Waals surface area contributed by atoms with E-state index < -0.39 is 36.5 Å². The fraction of sp³-hybridized carbons (Fsp3) is 0.333. The lowest BCUT2D eigenvalue weighted by atomic mass is 10.0. The minimum Gasteiger partial charge on any atom is -0.445 e. The van der Waals surface area contributed by atoms with Crippen LogP contribution in [0.1, 0.15) is 24.0 Å². The zero-order valence-corrected chi connectivity index (χ0v) is 18.8. The number of halogens is 1. The summed E-state index contributed by atoms with van der Waals surface area (Å²) in [6.45, 7) is -0.977. The number of guanidine groups is 1. The number of hydrogen-bond acceptors (Lipinski definition) is 5. The summed E-state index contributed by atoms with van der Waals surface area (Å²) in [6.07, 6.45) is -0.148. The first-order chi connectivity index (χ1) is 16.4. The number of nitrogens with zero attached hydrogens (tertiary/aromatic N) is 1. The van der Waals surface area contributed by atoms with Crippen LogP contribution in [0.3, 0.4) is 0 Å². The summed E-state index contributed by atoms with van der Waals surface area (Å²) in [4.78, 5) is 41.3. The molecule has 34 heavy (non-hydrogen) atoms. The molecule has 6 N–H and O–H groups in total. The molecule has 10 heteroatoms. The molecule has 2 aromatic carbocycles. The number of rotatable bonds is 13. The Balaban J connectivity index is 2.05. The number of Topliss-reactive ketones (excluding diaryl/α,β-unsaturated/α-hetero) is 1. The third-order valence-electron chi connectivity index (χ3n) is 4.89. The Morgan fingerprint density at radius 1 is 0.912 bits per heavy atom. The van der Waals surface area contributed by atoms with Gasteiger partial charge in [0.05, 0.1) is 6.04 Å². The van der Waals surface area contributed by atoms with Gasteiger partial charge in [-0.1, -0.05) is 60.7 Å². The van der Waals surface area contributed by atoms with E-state index in [1.165, 1.54) is 0 Å². The summed E-state index contributed by atoms with van der Waals surface area (Å²) < 4.78 is 18.3. The van der Waals surface area contributed by atoms with Crippen molar-refractivity contribution in [3.8, 4) is 0 Å². The Morgan fingerprint density at radius 3 is 2.12 bits per heavy atom. The lowest BCUT2D eigenvalue weighted by Gasteiger charge is -2.22. The normalized spacial score (nSPS) is 12.1. The van der Waals surface area contributed by atoms with Crippen molar-refractivity contribution in [2.75, 3.05) is 13.2 Å². The Hall–Kier alpha value is -3.95. The van der Waals surface area contributed by atoms with Crippen molar-refractivity contribution >= 4 is 23.7 Å². The fourth-order valence-corrected chi connectivity index (χ4v) is 3.15. The van der Waals surface area contributed by atoms with Gasteiger partial charge in [-0.05, 0) is 24.0 Å². The van der Waals surface area contributed by atoms with Crippen molar-refractivity contribution in [1.29, 1.82) is 0 Å². The molecule has 0 saturated heterocycles. The third kappa shape index (κ3) is 9.68. The molecule has 0 aliphatic carbocycles. The van der Waals surface area contributed by atoms with Crippen molar-refractivity contribution in [2.45, 2.75) is 38.0 Å². The van der Waals surface area contributed by atoms with Gasteiger partial charge in [-0.3, -0.25) is 14.6 Å². The molecule has 0 heterocycles. The van der Waals surface area contributed by atoms with Gasteiger partial charge in [-0.25, -0.2) is 9.18 Å². The van der Waals surface area contributed by atoms with Crippen LogP contribution in [-0.4, -0.2) is 49.0 Å². The first-order valence-electron chi connectivity index (χ1n) is 10.8. The zero-order valence-electron chi connectivity index (χ0n) is 18.8. The monoisotopic (exact) mass is 471 g/mol. The Morgan fingerprint density at radius 2 is 1.53 bits per heavy atom. The van der Waals surface area contributed by atoms with Gasteiger partial charge in [-0.15, -0.1) is 0 Å². The highest BCUT2D eigenvalue weighted by molar-refractivity contribution is 5.92. The summed E-state index contributed by atoms with van der Waals surface area (Å²) in [5, 5.41) is 5.09. The number of carbonyl (C=O) groups excluding carboxylic acids is 3. The average molecular weight is 472 g/mol. The van der Waals surface area contributed by atoms with Gasteiger partial charge in [-0.2, -0.15) is 0 Å². The van der Waals surface area contributed by atoms with E-state index in [0.717, 1.165) is 11.1 Å². The van der Waals surface area contributed by atoms with Crippen LogP contribution in [0.15, 0.2) is 65.7 Å². The molecule has 182 valence electrons. The summed E-state index contributed by atoms with van der Waals surface area (Å²) >= 11 is 0. The van der Waals surface area contributed by atoms with Crippen molar-refractivity contribution in [3.05, 3.63) is 71.8 Å². The van der Waals surface area contributed by atoms with Gasteiger partial charge in [0.1, 0.15) is 19.3 Å². The van der Waals surface area contributed by atoms with Crippen LogP contribution in [0.25, 0.3) is 0 Å².